The minimum Gasteiger partial charge on any atom is -0.458 e. The first kappa shape index (κ1) is 17.6. The summed E-state index contributed by atoms with van der Waals surface area (Å²) in [5.41, 5.74) is 0. The predicted molar refractivity (Wildman–Crippen MR) is 90.4 cm³/mol. The molecule has 0 spiro atoms. The molecule has 6 nitrogen and oxygen atoms in total. The third-order valence-electron chi connectivity index (χ3n) is 6.57. The van der Waals surface area contributed by atoms with Gasteiger partial charge in [-0.05, 0) is 38.2 Å². The fraction of sp³-hybridized carbons (Fsp3) is 0.750. The van der Waals surface area contributed by atoms with Crippen LogP contribution in [0, 0.1) is 29.6 Å². The van der Waals surface area contributed by atoms with Crippen molar-refractivity contribution in [2.75, 3.05) is 0 Å². The van der Waals surface area contributed by atoms with Crippen molar-refractivity contribution in [3.8, 4) is 0 Å². The van der Waals surface area contributed by atoms with Crippen molar-refractivity contribution in [1.29, 1.82) is 0 Å². The molecule has 0 N–H and O–H groups in total. The highest BCUT2D eigenvalue weighted by molar-refractivity contribution is 5.86. The van der Waals surface area contributed by atoms with Crippen molar-refractivity contribution in [2.24, 2.45) is 29.6 Å². The SMILES string of the molecule is CCC(C)C(=O)OC1C2CC3C1OC(=O)C3C2C(=O)OC1=CCCCC1. The number of rotatable bonds is 5. The fourth-order valence-electron chi connectivity index (χ4n) is 4.98. The van der Waals surface area contributed by atoms with E-state index in [0.29, 0.717) is 18.6 Å². The minimum atomic E-state index is -0.566. The molecule has 142 valence electrons. The normalized spacial score (nSPS) is 38.5. The van der Waals surface area contributed by atoms with Crippen molar-refractivity contribution in [3.05, 3.63) is 11.8 Å². The van der Waals surface area contributed by atoms with Gasteiger partial charge in [-0.2, -0.15) is 0 Å². The van der Waals surface area contributed by atoms with E-state index >= 15 is 0 Å². The van der Waals surface area contributed by atoms with E-state index < -0.39 is 24.0 Å². The quantitative estimate of drug-likeness (QED) is 0.553. The summed E-state index contributed by atoms with van der Waals surface area (Å²) in [4.78, 5) is 37.5. The van der Waals surface area contributed by atoms with Crippen molar-refractivity contribution < 1.29 is 28.6 Å². The molecule has 7 unspecified atom stereocenters. The Balaban J connectivity index is 1.52. The van der Waals surface area contributed by atoms with Gasteiger partial charge in [-0.3, -0.25) is 14.4 Å². The molecule has 0 radical (unpaired) electrons. The maximum atomic E-state index is 12.8. The van der Waals surface area contributed by atoms with E-state index in [4.69, 9.17) is 14.2 Å². The predicted octanol–water partition coefficient (Wildman–Crippen LogP) is 2.75. The molecule has 4 aliphatic rings. The summed E-state index contributed by atoms with van der Waals surface area (Å²) in [6, 6.07) is 0. The molecule has 6 heteroatoms. The molecule has 0 aromatic carbocycles. The highest BCUT2D eigenvalue weighted by Gasteiger charge is 2.70. The molecule has 1 saturated heterocycles. The Morgan fingerprint density at radius 2 is 2.12 bits per heavy atom. The van der Waals surface area contributed by atoms with Crippen molar-refractivity contribution >= 4 is 17.9 Å². The van der Waals surface area contributed by atoms with Crippen molar-refractivity contribution in [1.82, 2.24) is 0 Å². The first-order chi connectivity index (χ1) is 12.5. The summed E-state index contributed by atoms with van der Waals surface area (Å²) < 4.78 is 16.8. The van der Waals surface area contributed by atoms with Gasteiger partial charge >= 0.3 is 17.9 Å². The Bertz CT molecular complexity index is 653. The lowest BCUT2D eigenvalue weighted by atomic mass is 9.78. The number of hydrogen-bond acceptors (Lipinski definition) is 6. The van der Waals surface area contributed by atoms with Gasteiger partial charge in [-0.1, -0.05) is 13.8 Å². The molecule has 0 aromatic heterocycles. The molecule has 1 aliphatic heterocycles. The third-order valence-corrected chi connectivity index (χ3v) is 6.57. The van der Waals surface area contributed by atoms with Gasteiger partial charge in [0.1, 0.15) is 18.0 Å². The van der Waals surface area contributed by atoms with Crippen LogP contribution in [-0.2, 0) is 28.6 Å². The van der Waals surface area contributed by atoms with Gasteiger partial charge in [0.2, 0.25) is 0 Å². The van der Waals surface area contributed by atoms with Crippen LogP contribution in [0.1, 0.15) is 52.4 Å². The summed E-state index contributed by atoms with van der Waals surface area (Å²) in [5, 5.41) is 0. The van der Waals surface area contributed by atoms with Gasteiger partial charge < -0.3 is 14.2 Å². The van der Waals surface area contributed by atoms with Crippen molar-refractivity contribution in [3.63, 3.8) is 0 Å². The van der Waals surface area contributed by atoms with Gasteiger partial charge in [-0.15, -0.1) is 0 Å². The van der Waals surface area contributed by atoms with Crippen molar-refractivity contribution in [2.45, 2.75) is 64.6 Å². The molecule has 3 aliphatic carbocycles. The first-order valence-electron chi connectivity index (χ1n) is 9.83. The molecule has 4 rings (SSSR count). The Kier molecular flexibility index (Phi) is 4.53. The van der Waals surface area contributed by atoms with Crippen LogP contribution in [0.2, 0.25) is 0 Å². The fourth-order valence-corrected chi connectivity index (χ4v) is 4.98. The Morgan fingerprint density at radius 1 is 1.31 bits per heavy atom. The van der Waals surface area contributed by atoms with Crippen LogP contribution in [0.15, 0.2) is 11.8 Å². The lowest BCUT2D eigenvalue weighted by Gasteiger charge is -2.31. The van der Waals surface area contributed by atoms with Gasteiger partial charge in [0, 0.05) is 18.3 Å². The molecule has 0 aromatic rings. The summed E-state index contributed by atoms with van der Waals surface area (Å²) in [6.07, 6.45) is 6.21. The minimum absolute atomic E-state index is 0.0416. The number of esters is 3. The van der Waals surface area contributed by atoms with E-state index in [2.05, 4.69) is 0 Å². The van der Waals surface area contributed by atoms with Crippen LogP contribution in [0.5, 0.6) is 0 Å². The zero-order chi connectivity index (χ0) is 18.4. The zero-order valence-corrected chi connectivity index (χ0v) is 15.3. The van der Waals surface area contributed by atoms with Gasteiger partial charge in [0.25, 0.3) is 0 Å². The molecule has 0 amide bonds. The van der Waals surface area contributed by atoms with Crippen LogP contribution in [-0.4, -0.2) is 30.1 Å². The van der Waals surface area contributed by atoms with E-state index in [9.17, 15) is 14.4 Å². The number of hydrogen-bond donors (Lipinski definition) is 0. The van der Waals surface area contributed by atoms with E-state index in [0.717, 1.165) is 25.7 Å². The largest absolute Gasteiger partial charge is 0.458 e. The number of ether oxygens (including phenoxy) is 3. The lowest BCUT2D eigenvalue weighted by Crippen LogP contribution is -2.44. The monoisotopic (exact) mass is 362 g/mol. The smallest absolute Gasteiger partial charge is 0.315 e. The average Bonchev–Trinajstić information content (AvgIpc) is 3.25. The second-order valence-electron chi connectivity index (χ2n) is 8.06. The van der Waals surface area contributed by atoms with Gasteiger partial charge in [0.05, 0.1) is 17.8 Å². The maximum absolute atomic E-state index is 12.8. The van der Waals surface area contributed by atoms with Crippen LogP contribution in [0.3, 0.4) is 0 Å². The lowest BCUT2D eigenvalue weighted by molar-refractivity contribution is -0.168. The Labute approximate surface area is 153 Å². The zero-order valence-electron chi connectivity index (χ0n) is 15.3. The first-order valence-corrected chi connectivity index (χ1v) is 9.83. The van der Waals surface area contributed by atoms with E-state index in [1.807, 2.05) is 19.9 Å². The Hall–Kier alpha value is -1.85. The molecule has 7 atom stereocenters. The maximum Gasteiger partial charge on any atom is 0.315 e. The van der Waals surface area contributed by atoms with Gasteiger partial charge in [-0.25, -0.2) is 0 Å². The molecule has 1 heterocycles. The standard InChI is InChI=1S/C20H26O6/c1-3-10(2)18(21)25-16-12-9-13-15(20(23)26-17(13)16)14(12)19(22)24-11-7-5-4-6-8-11/h7,10,12-17H,3-6,8-9H2,1-2H3. The summed E-state index contributed by atoms with van der Waals surface area (Å²) in [5.74, 6) is -1.73. The molecular weight excluding hydrogens is 336 g/mol. The topological polar surface area (TPSA) is 78.9 Å². The van der Waals surface area contributed by atoms with Gasteiger partial charge in [0.15, 0.2) is 0 Å². The molecule has 26 heavy (non-hydrogen) atoms. The van der Waals surface area contributed by atoms with E-state index in [1.165, 1.54) is 0 Å². The Morgan fingerprint density at radius 3 is 2.81 bits per heavy atom. The molecule has 2 bridgehead atoms. The number of allylic oxidation sites excluding steroid dienone is 2. The number of carbonyl (C=O) groups excluding carboxylic acids is 3. The van der Waals surface area contributed by atoms with Crippen LogP contribution >= 0.6 is 0 Å². The number of carbonyl (C=O) groups is 3. The third kappa shape index (κ3) is 2.74. The van der Waals surface area contributed by atoms with E-state index in [-0.39, 0.29) is 35.7 Å². The highest BCUT2D eigenvalue weighted by Crippen LogP contribution is 2.59. The molecule has 2 saturated carbocycles. The molecule has 3 fully saturated rings. The van der Waals surface area contributed by atoms with Crippen LogP contribution in [0.4, 0.5) is 0 Å². The summed E-state index contributed by atoms with van der Waals surface area (Å²) in [6.45, 7) is 3.75. The summed E-state index contributed by atoms with van der Waals surface area (Å²) in [7, 11) is 0. The van der Waals surface area contributed by atoms with Crippen LogP contribution < -0.4 is 0 Å². The average molecular weight is 362 g/mol. The van der Waals surface area contributed by atoms with Crippen LogP contribution in [0.25, 0.3) is 0 Å². The second kappa shape index (κ2) is 6.71. The summed E-state index contributed by atoms with van der Waals surface area (Å²) >= 11 is 0. The second-order valence-corrected chi connectivity index (χ2v) is 8.06. The van der Waals surface area contributed by atoms with E-state index in [1.54, 1.807) is 0 Å². The highest BCUT2D eigenvalue weighted by atomic mass is 16.6. The molecular formula is C20H26O6. The number of fused-ring (bicyclic) bond motifs is 1.